The van der Waals surface area contributed by atoms with Gasteiger partial charge in [0.05, 0.1) is 6.10 Å². The van der Waals surface area contributed by atoms with Crippen LogP contribution in [0.2, 0.25) is 0 Å². The largest absolute Gasteiger partial charge is 0.480 e. The summed E-state index contributed by atoms with van der Waals surface area (Å²) in [7, 11) is 0. The minimum absolute atomic E-state index is 0.000608. The van der Waals surface area contributed by atoms with Gasteiger partial charge < -0.3 is 20.5 Å². The highest BCUT2D eigenvalue weighted by Crippen LogP contribution is 2.42. The van der Waals surface area contributed by atoms with Gasteiger partial charge in [-0.25, -0.2) is 9.59 Å². The maximum atomic E-state index is 11.9. The summed E-state index contributed by atoms with van der Waals surface area (Å²) >= 11 is 0. The number of amides is 2. The van der Waals surface area contributed by atoms with Crippen molar-refractivity contribution in [2.24, 2.45) is 11.3 Å². The lowest BCUT2D eigenvalue weighted by Gasteiger charge is -2.51. The van der Waals surface area contributed by atoms with E-state index in [1.807, 2.05) is 20.8 Å². The van der Waals surface area contributed by atoms with Crippen LogP contribution in [0.1, 0.15) is 41.0 Å². The van der Waals surface area contributed by atoms with Crippen LogP contribution in [0.5, 0.6) is 0 Å². The van der Waals surface area contributed by atoms with Crippen molar-refractivity contribution in [1.29, 1.82) is 0 Å². The van der Waals surface area contributed by atoms with Crippen LogP contribution in [0.25, 0.3) is 0 Å². The summed E-state index contributed by atoms with van der Waals surface area (Å²) in [6.07, 6.45) is 0.895. The molecule has 0 aromatic rings. The Morgan fingerprint density at radius 3 is 2.40 bits per heavy atom. The number of aliphatic carboxylic acids is 1. The second-order valence-electron chi connectivity index (χ2n) is 6.23. The molecule has 3 atom stereocenters. The Morgan fingerprint density at radius 2 is 2.00 bits per heavy atom. The van der Waals surface area contributed by atoms with Crippen molar-refractivity contribution in [3.63, 3.8) is 0 Å². The van der Waals surface area contributed by atoms with Gasteiger partial charge >= 0.3 is 12.0 Å². The molecule has 0 saturated heterocycles. The van der Waals surface area contributed by atoms with Gasteiger partial charge in [-0.05, 0) is 19.3 Å². The molecule has 1 rings (SSSR count). The Kier molecular flexibility index (Phi) is 5.39. The Bertz CT molecular complexity index is 368. The first kappa shape index (κ1) is 16.8. The van der Waals surface area contributed by atoms with Crippen LogP contribution in [-0.4, -0.2) is 41.9 Å². The van der Waals surface area contributed by atoms with Crippen LogP contribution in [0.3, 0.4) is 0 Å². The molecule has 1 aliphatic carbocycles. The lowest BCUT2D eigenvalue weighted by Crippen LogP contribution is -2.64. The van der Waals surface area contributed by atoms with Crippen LogP contribution in [-0.2, 0) is 9.53 Å². The van der Waals surface area contributed by atoms with Crippen molar-refractivity contribution in [2.45, 2.75) is 59.2 Å². The molecular weight excluding hydrogens is 260 g/mol. The smallest absolute Gasteiger partial charge is 0.326 e. The van der Waals surface area contributed by atoms with Crippen molar-refractivity contribution in [1.82, 2.24) is 10.6 Å². The van der Waals surface area contributed by atoms with E-state index in [4.69, 9.17) is 9.84 Å². The molecule has 0 aliphatic heterocycles. The number of urea groups is 1. The minimum Gasteiger partial charge on any atom is -0.480 e. The first-order chi connectivity index (χ1) is 9.20. The molecule has 1 saturated carbocycles. The number of carboxylic acids is 1. The second-order valence-corrected chi connectivity index (χ2v) is 6.23. The molecule has 0 bridgehead atoms. The van der Waals surface area contributed by atoms with Crippen LogP contribution in [0, 0.1) is 11.3 Å². The molecule has 1 fully saturated rings. The Hall–Kier alpha value is -1.30. The molecule has 6 nitrogen and oxygen atoms in total. The van der Waals surface area contributed by atoms with E-state index in [0.717, 1.165) is 6.42 Å². The fourth-order valence-electron chi connectivity index (χ4n) is 2.47. The zero-order valence-corrected chi connectivity index (χ0v) is 12.9. The van der Waals surface area contributed by atoms with Crippen molar-refractivity contribution < 1.29 is 19.4 Å². The average Bonchev–Trinajstić information content (AvgIpc) is 2.34. The van der Waals surface area contributed by atoms with Gasteiger partial charge in [-0.3, -0.25) is 0 Å². The van der Waals surface area contributed by atoms with E-state index < -0.39 is 18.0 Å². The number of rotatable bonds is 6. The monoisotopic (exact) mass is 286 g/mol. The van der Waals surface area contributed by atoms with E-state index in [0.29, 0.717) is 6.61 Å². The first-order valence-electron chi connectivity index (χ1n) is 7.11. The molecule has 116 valence electrons. The maximum Gasteiger partial charge on any atom is 0.326 e. The SMILES string of the molecule is CCOC1CC(NC(=O)N[C@H](C(=O)O)C(C)C)C1(C)C. The third kappa shape index (κ3) is 3.62. The summed E-state index contributed by atoms with van der Waals surface area (Å²) < 4.78 is 5.60. The van der Waals surface area contributed by atoms with Crippen molar-refractivity contribution in [3.05, 3.63) is 0 Å². The van der Waals surface area contributed by atoms with Crippen LogP contribution in [0.4, 0.5) is 4.79 Å². The number of ether oxygens (including phenoxy) is 1. The molecule has 0 radical (unpaired) electrons. The molecule has 1 aliphatic rings. The topological polar surface area (TPSA) is 87.7 Å². The van der Waals surface area contributed by atoms with E-state index in [9.17, 15) is 9.59 Å². The molecule has 20 heavy (non-hydrogen) atoms. The molecule has 2 unspecified atom stereocenters. The highest BCUT2D eigenvalue weighted by atomic mass is 16.5. The quantitative estimate of drug-likeness (QED) is 0.692. The number of carbonyl (C=O) groups excluding carboxylic acids is 1. The zero-order chi connectivity index (χ0) is 15.5. The van der Waals surface area contributed by atoms with Crippen molar-refractivity contribution >= 4 is 12.0 Å². The molecule has 2 amide bonds. The molecular formula is C14H26N2O4. The summed E-state index contributed by atoms with van der Waals surface area (Å²) in [5, 5.41) is 14.4. The number of nitrogens with one attached hydrogen (secondary N) is 2. The summed E-state index contributed by atoms with van der Waals surface area (Å²) in [5.41, 5.74) is -0.135. The van der Waals surface area contributed by atoms with E-state index in [2.05, 4.69) is 10.6 Å². The maximum absolute atomic E-state index is 11.9. The third-order valence-corrected chi connectivity index (χ3v) is 4.07. The van der Waals surface area contributed by atoms with Gasteiger partial charge in [0, 0.05) is 18.1 Å². The fraction of sp³-hybridized carbons (Fsp3) is 0.857. The molecule has 0 aromatic heterocycles. The van der Waals surface area contributed by atoms with E-state index >= 15 is 0 Å². The molecule has 0 aromatic carbocycles. The first-order valence-corrected chi connectivity index (χ1v) is 7.11. The lowest BCUT2D eigenvalue weighted by atomic mass is 9.64. The predicted octanol–water partition coefficient (Wildman–Crippen LogP) is 1.60. The number of carbonyl (C=O) groups is 2. The molecule has 0 heterocycles. The van der Waals surface area contributed by atoms with Crippen LogP contribution in [0.15, 0.2) is 0 Å². The summed E-state index contributed by atoms with van der Waals surface area (Å²) in [5.74, 6) is -1.18. The van der Waals surface area contributed by atoms with Gasteiger partial charge in [0.25, 0.3) is 0 Å². The molecule has 0 spiro atoms. The average molecular weight is 286 g/mol. The zero-order valence-electron chi connectivity index (χ0n) is 12.9. The van der Waals surface area contributed by atoms with Gasteiger partial charge in [-0.2, -0.15) is 0 Å². The van der Waals surface area contributed by atoms with Gasteiger partial charge in [-0.1, -0.05) is 27.7 Å². The summed E-state index contributed by atoms with van der Waals surface area (Å²) in [4.78, 5) is 22.9. The number of hydrogen-bond donors (Lipinski definition) is 3. The van der Waals surface area contributed by atoms with E-state index in [-0.39, 0.29) is 23.5 Å². The van der Waals surface area contributed by atoms with E-state index in [1.54, 1.807) is 13.8 Å². The third-order valence-electron chi connectivity index (χ3n) is 4.07. The fourth-order valence-corrected chi connectivity index (χ4v) is 2.47. The van der Waals surface area contributed by atoms with Crippen molar-refractivity contribution in [3.8, 4) is 0 Å². The van der Waals surface area contributed by atoms with Gasteiger partial charge in [0.1, 0.15) is 6.04 Å². The van der Waals surface area contributed by atoms with Gasteiger partial charge in [0.2, 0.25) is 0 Å². The minimum atomic E-state index is -1.02. The van der Waals surface area contributed by atoms with Crippen LogP contribution >= 0.6 is 0 Å². The summed E-state index contributed by atoms with van der Waals surface area (Å²) in [6.45, 7) is 10.2. The Balaban J connectivity index is 2.50. The lowest BCUT2D eigenvalue weighted by molar-refractivity contribution is -0.140. The highest BCUT2D eigenvalue weighted by Gasteiger charge is 2.49. The number of carboxylic acid groups (broad SMARTS) is 1. The normalized spacial score (nSPS) is 25.7. The second kappa shape index (κ2) is 6.43. The van der Waals surface area contributed by atoms with Crippen molar-refractivity contribution in [2.75, 3.05) is 6.61 Å². The standard InChI is InChI=1S/C14H26N2O4/c1-6-20-10-7-9(14(10,4)5)15-13(19)16-11(8(2)3)12(17)18/h8-11H,6-7H2,1-5H3,(H,17,18)(H2,15,16,19)/t9?,10?,11-/m0/s1. The van der Waals surface area contributed by atoms with E-state index in [1.165, 1.54) is 0 Å². The molecule has 6 heteroatoms. The molecule has 3 N–H and O–H groups in total. The highest BCUT2D eigenvalue weighted by molar-refractivity contribution is 5.82. The number of hydrogen-bond acceptors (Lipinski definition) is 3. The summed E-state index contributed by atoms with van der Waals surface area (Å²) in [6, 6.07) is -1.30. The van der Waals surface area contributed by atoms with Crippen LogP contribution < -0.4 is 10.6 Å². The predicted molar refractivity (Wildman–Crippen MR) is 75.5 cm³/mol. The Labute approximate surface area is 120 Å². The van der Waals surface area contributed by atoms with Gasteiger partial charge in [0.15, 0.2) is 0 Å². The Morgan fingerprint density at radius 1 is 1.40 bits per heavy atom. The van der Waals surface area contributed by atoms with Gasteiger partial charge in [-0.15, -0.1) is 0 Å².